The molecule has 1 amide bonds. The maximum Gasteiger partial charge on any atom is 0.253 e. The Hall–Kier alpha value is -2.76. The molecule has 0 aliphatic heterocycles. The molecule has 0 bridgehead atoms. The van der Waals surface area contributed by atoms with Gasteiger partial charge < -0.3 is 4.90 Å². The van der Waals surface area contributed by atoms with Crippen LogP contribution in [0.3, 0.4) is 0 Å². The molecule has 0 spiro atoms. The standard InChI is InChI=1S/C20H23FN2O3/c1-4-5-12-22(3)20(26)18(23-13-14(2)6-11-17(23)24)19(25)15-7-9-16(21)10-8-15/h6-11,13,18H,4-5,12H2,1-3H3/t18-/m0/s1. The second kappa shape index (κ2) is 8.56. The Morgan fingerprint density at radius 1 is 1.15 bits per heavy atom. The number of hydrogen-bond acceptors (Lipinski definition) is 3. The number of Topliss-reactive ketones (excluding diaryl/α,β-unsaturated/α-hetero) is 1. The first-order valence-corrected chi connectivity index (χ1v) is 8.58. The fourth-order valence-corrected chi connectivity index (χ4v) is 2.66. The average Bonchev–Trinajstić information content (AvgIpc) is 2.63. The quantitative estimate of drug-likeness (QED) is 0.565. The van der Waals surface area contributed by atoms with Crippen LogP contribution in [0.1, 0.15) is 41.7 Å². The van der Waals surface area contributed by atoms with Crippen LogP contribution in [0.25, 0.3) is 0 Å². The lowest BCUT2D eigenvalue weighted by Gasteiger charge is -2.24. The SMILES string of the molecule is CCCCN(C)C(=O)[C@H](C(=O)c1ccc(F)cc1)n1cc(C)ccc1=O. The van der Waals surface area contributed by atoms with Crippen LogP contribution in [0.5, 0.6) is 0 Å². The van der Waals surface area contributed by atoms with E-state index >= 15 is 0 Å². The number of halogens is 1. The highest BCUT2D eigenvalue weighted by atomic mass is 19.1. The lowest BCUT2D eigenvalue weighted by atomic mass is 10.0. The predicted octanol–water partition coefficient (Wildman–Crippen LogP) is 2.98. The van der Waals surface area contributed by atoms with E-state index in [2.05, 4.69) is 0 Å². The minimum Gasteiger partial charge on any atom is -0.344 e. The number of likely N-dealkylation sites (N-methyl/N-ethyl adjacent to an activating group) is 1. The Morgan fingerprint density at radius 2 is 1.81 bits per heavy atom. The van der Waals surface area contributed by atoms with E-state index in [1.807, 2.05) is 6.92 Å². The van der Waals surface area contributed by atoms with Gasteiger partial charge in [0.05, 0.1) is 0 Å². The number of aryl methyl sites for hydroxylation is 1. The number of benzene rings is 1. The monoisotopic (exact) mass is 358 g/mol. The number of unbranched alkanes of at least 4 members (excludes halogenated alkanes) is 1. The van der Waals surface area contributed by atoms with Gasteiger partial charge in [0, 0.05) is 31.4 Å². The molecule has 1 atom stereocenters. The Bertz CT molecular complexity index is 843. The highest BCUT2D eigenvalue weighted by Crippen LogP contribution is 2.17. The van der Waals surface area contributed by atoms with Crippen molar-refractivity contribution in [3.05, 3.63) is 69.9 Å². The summed E-state index contributed by atoms with van der Waals surface area (Å²) in [5, 5.41) is 0. The maximum absolute atomic E-state index is 13.2. The third kappa shape index (κ3) is 4.45. The van der Waals surface area contributed by atoms with Gasteiger partial charge in [-0.3, -0.25) is 19.0 Å². The smallest absolute Gasteiger partial charge is 0.253 e. The van der Waals surface area contributed by atoms with Gasteiger partial charge in [0.2, 0.25) is 0 Å². The van der Waals surface area contributed by atoms with Crippen LogP contribution in [0.15, 0.2) is 47.4 Å². The lowest BCUT2D eigenvalue weighted by molar-refractivity contribution is -0.132. The van der Waals surface area contributed by atoms with E-state index in [-0.39, 0.29) is 5.56 Å². The molecule has 138 valence electrons. The lowest BCUT2D eigenvalue weighted by Crippen LogP contribution is -2.42. The van der Waals surface area contributed by atoms with Gasteiger partial charge in [-0.25, -0.2) is 4.39 Å². The summed E-state index contributed by atoms with van der Waals surface area (Å²) in [4.78, 5) is 39.8. The zero-order chi connectivity index (χ0) is 19.3. The van der Waals surface area contributed by atoms with Gasteiger partial charge in [-0.15, -0.1) is 0 Å². The van der Waals surface area contributed by atoms with Crippen molar-refractivity contribution in [2.45, 2.75) is 32.7 Å². The van der Waals surface area contributed by atoms with E-state index in [4.69, 9.17) is 0 Å². The topological polar surface area (TPSA) is 59.4 Å². The van der Waals surface area contributed by atoms with Gasteiger partial charge in [-0.05, 0) is 43.2 Å². The maximum atomic E-state index is 13.2. The summed E-state index contributed by atoms with van der Waals surface area (Å²) in [6.07, 6.45) is 3.20. The number of nitrogens with zero attached hydrogens (tertiary/aromatic N) is 2. The number of pyridine rings is 1. The molecule has 26 heavy (non-hydrogen) atoms. The minimum absolute atomic E-state index is 0.182. The molecule has 1 aromatic heterocycles. The van der Waals surface area contributed by atoms with Crippen LogP contribution < -0.4 is 5.56 Å². The Morgan fingerprint density at radius 3 is 2.42 bits per heavy atom. The Labute approximate surface area is 152 Å². The van der Waals surface area contributed by atoms with Crippen molar-refractivity contribution in [3.8, 4) is 0 Å². The highest BCUT2D eigenvalue weighted by Gasteiger charge is 2.32. The van der Waals surface area contributed by atoms with Gasteiger partial charge in [0.1, 0.15) is 5.82 Å². The second-order valence-corrected chi connectivity index (χ2v) is 6.34. The molecule has 6 heteroatoms. The first kappa shape index (κ1) is 19.6. The zero-order valence-electron chi connectivity index (χ0n) is 15.2. The summed E-state index contributed by atoms with van der Waals surface area (Å²) in [6, 6.07) is 6.62. The number of carbonyl (C=O) groups is 2. The zero-order valence-corrected chi connectivity index (χ0v) is 15.2. The number of aromatic nitrogens is 1. The molecule has 2 rings (SSSR count). The minimum atomic E-state index is -1.31. The molecule has 0 radical (unpaired) electrons. The van der Waals surface area contributed by atoms with Crippen molar-refractivity contribution in [2.24, 2.45) is 0 Å². The molecule has 0 unspecified atom stereocenters. The molecule has 2 aromatic rings. The van der Waals surface area contributed by atoms with Crippen LogP contribution in [0.2, 0.25) is 0 Å². The fraction of sp³-hybridized carbons (Fsp3) is 0.350. The normalized spacial score (nSPS) is 11.8. The van der Waals surface area contributed by atoms with Gasteiger partial charge in [-0.2, -0.15) is 0 Å². The molecule has 0 saturated heterocycles. The first-order chi connectivity index (χ1) is 12.3. The van der Waals surface area contributed by atoms with E-state index < -0.39 is 29.1 Å². The van der Waals surface area contributed by atoms with E-state index in [0.717, 1.165) is 35.1 Å². The Kier molecular flexibility index (Phi) is 6.44. The molecule has 0 N–H and O–H groups in total. The van der Waals surface area contributed by atoms with Crippen LogP contribution in [-0.2, 0) is 4.79 Å². The molecule has 0 aliphatic rings. The highest BCUT2D eigenvalue weighted by molar-refractivity contribution is 6.11. The predicted molar refractivity (Wildman–Crippen MR) is 97.8 cm³/mol. The molecule has 0 fully saturated rings. The molecular formula is C20H23FN2O3. The third-order valence-electron chi connectivity index (χ3n) is 4.20. The summed E-state index contributed by atoms with van der Waals surface area (Å²) in [6.45, 7) is 4.27. The van der Waals surface area contributed by atoms with Crippen molar-refractivity contribution in [1.29, 1.82) is 0 Å². The van der Waals surface area contributed by atoms with Crippen LogP contribution in [0.4, 0.5) is 4.39 Å². The first-order valence-electron chi connectivity index (χ1n) is 8.58. The number of amides is 1. The summed E-state index contributed by atoms with van der Waals surface area (Å²) in [5.41, 5.74) is 0.501. The van der Waals surface area contributed by atoms with E-state index in [0.29, 0.717) is 6.54 Å². The van der Waals surface area contributed by atoms with Gasteiger partial charge in [0.25, 0.3) is 11.5 Å². The van der Waals surface area contributed by atoms with Gasteiger partial charge >= 0.3 is 0 Å². The summed E-state index contributed by atoms with van der Waals surface area (Å²) in [5.74, 6) is -1.47. The second-order valence-electron chi connectivity index (χ2n) is 6.34. The largest absolute Gasteiger partial charge is 0.344 e. The third-order valence-corrected chi connectivity index (χ3v) is 4.20. The molecule has 1 aromatic carbocycles. The van der Waals surface area contributed by atoms with Crippen LogP contribution >= 0.6 is 0 Å². The fourth-order valence-electron chi connectivity index (χ4n) is 2.66. The molecule has 0 aliphatic carbocycles. The van der Waals surface area contributed by atoms with Crippen molar-refractivity contribution in [3.63, 3.8) is 0 Å². The number of ketones is 1. The van der Waals surface area contributed by atoms with E-state index in [1.165, 1.54) is 29.3 Å². The van der Waals surface area contributed by atoms with Crippen molar-refractivity contribution in [2.75, 3.05) is 13.6 Å². The number of hydrogen-bond donors (Lipinski definition) is 0. The summed E-state index contributed by atoms with van der Waals surface area (Å²) in [7, 11) is 1.61. The summed E-state index contributed by atoms with van der Waals surface area (Å²) < 4.78 is 14.3. The van der Waals surface area contributed by atoms with Crippen molar-refractivity contribution >= 4 is 11.7 Å². The summed E-state index contributed by atoms with van der Waals surface area (Å²) >= 11 is 0. The molecule has 1 heterocycles. The van der Waals surface area contributed by atoms with Gasteiger partial charge in [-0.1, -0.05) is 19.4 Å². The van der Waals surface area contributed by atoms with Crippen molar-refractivity contribution < 1.29 is 14.0 Å². The number of rotatable bonds is 7. The van der Waals surface area contributed by atoms with Crippen molar-refractivity contribution in [1.82, 2.24) is 9.47 Å². The van der Waals surface area contributed by atoms with E-state index in [1.54, 1.807) is 20.0 Å². The molecular weight excluding hydrogens is 335 g/mol. The number of carbonyl (C=O) groups excluding carboxylic acids is 2. The molecule has 0 saturated carbocycles. The average molecular weight is 358 g/mol. The van der Waals surface area contributed by atoms with Crippen LogP contribution in [-0.4, -0.2) is 34.7 Å². The van der Waals surface area contributed by atoms with E-state index in [9.17, 15) is 18.8 Å². The Balaban J connectivity index is 2.49. The molecule has 5 nitrogen and oxygen atoms in total. The van der Waals surface area contributed by atoms with Crippen LogP contribution in [0, 0.1) is 12.7 Å². The van der Waals surface area contributed by atoms with Gasteiger partial charge in [0.15, 0.2) is 11.8 Å².